The van der Waals surface area contributed by atoms with E-state index in [1.807, 2.05) is 30.7 Å². The van der Waals surface area contributed by atoms with E-state index in [1.54, 1.807) is 0 Å². The van der Waals surface area contributed by atoms with Crippen LogP contribution in [-0.4, -0.2) is 23.2 Å². The van der Waals surface area contributed by atoms with E-state index in [0.29, 0.717) is 0 Å². The minimum atomic E-state index is -0.118. The highest BCUT2D eigenvalue weighted by Crippen LogP contribution is 2.30. The Hall–Kier alpha value is -1.29. The molecule has 0 saturated carbocycles. The van der Waals surface area contributed by atoms with Gasteiger partial charge in [0, 0.05) is 11.4 Å². The van der Waals surface area contributed by atoms with Crippen LogP contribution in [0.25, 0.3) is 0 Å². The number of hydrogen-bond donors (Lipinski definition) is 2. The van der Waals surface area contributed by atoms with Crippen LogP contribution in [0.1, 0.15) is 38.1 Å². The Morgan fingerprint density at radius 3 is 2.56 bits per heavy atom. The second-order valence-electron chi connectivity index (χ2n) is 5.91. The molecule has 0 radical (unpaired) electrons. The highest BCUT2D eigenvalue weighted by atomic mass is 16.2. The van der Waals surface area contributed by atoms with Crippen LogP contribution in [0.15, 0.2) is 12.1 Å². The molecule has 1 aromatic heterocycles. The smallest absolute Gasteiger partial charge is 0.256 e. The van der Waals surface area contributed by atoms with Crippen molar-refractivity contribution in [3.8, 4) is 0 Å². The Balaban J connectivity index is 2.12. The number of hydrogen-bond acceptors (Lipinski definition) is 2. The lowest BCUT2D eigenvalue weighted by Gasteiger charge is -2.38. The summed E-state index contributed by atoms with van der Waals surface area (Å²) in [6, 6.07) is 3.90. The highest BCUT2D eigenvalue weighted by molar-refractivity contribution is 5.89. The van der Waals surface area contributed by atoms with Crippen LogP contribution in [0.5, 0.6) is 0 Å². The highest BCUT2D eigenvalue weighted by Gasteiger charge is 2.37. The van der Waals surface area contributed by atoms with Gasteiger partial charge in [-0.25, -0.2) is 0 Å². The van der Waals surface area contributed by atoms with Crippen molar-refractivity contribution in [2.45, 2.75) is 46.6 Å². The number of piperidine rings is 1. The quantitative estimate of drug-likeness (QED) is 0.841. The number of amides is 1. The topological polar surface area (TPSA) is 46.1 Å². The average molecular weight is 249 g/mol. The zero-order valence-electron chi connectivity index (χ0n) is 11.7. The first-order chi connectivity index (χ1) is 8.42. The zero-order valence-corrected chi connectivity index (χ0v) is 11.7. The molecular weight excluding hydrogens is 226 g/mol. The summed E-state index contributed by atoms with van der Waals surface area (Å²) in [6.45, 7) is 9.21. The molecule has 1 amide bonds. The number of nitrogens with zero attached hydrogens (tertiary/aromatic N) is 1. The SMILES string of the molecule is Cc1ccc(C)n1NC(=O)C1NCCCC1(C)C. The summed E-state index contributed by atoms with van der Waals surface area (Å²) in [4.78, 5) is 12.4. The third kappa shape index (κ3) is 2.43. The Morgan fingerprint density at radius 1 is 1.39 bits per heavy atom. The Morgan fingerprint density at radius 2 is 2.00 bits per heavy atom. The van der Waals surface area contributed by atoms with Crippen LogP contribution >= 0.6 is 0 Å². The van der Waals surface area contributed by atoms with Crippen LogP contribution in [0.3, 0.4) is 0 Å². The molecule has 0 aromatic carbocycles. The van der Waals surface area contributed by atoms with Crippen molar-refractivity contribution in [2.75, 3.05) is 12.0 Å². The lowest BCUT2D eigenvalue weighted by atomic mass is 9.77. The van der Waals surface area contributed by atoms with Crippen molar-refractivity contribution < 1.29 is 4.79 Å². The molecule has 2 N–H and O–H groups in total. The molecule has 2 heterocycles. The largest absolute Gasteiger partial charge is 0.305 e. The number of carbonyl (C=O) groups is 1. The van der Waals surface area contributed by atoms with Crippen LogP contribution in [-0.2, 0) is 4.79 Å². The zero-order chi connectivity index (χ0) is 13.3. The van der Waals surface area contributed by atoms with Gasteiger partial charge in [-0.15, -0.1) is 0 Å². The third-order valence-electron chi connectivity index (χ3n) is 3.88. The van der Waals surface area contributed by atoms with E-state index >= 15 is 0 Å². The maximum atomic E-state index is 12.4. The molecule has 1 atom stereocenters. The standard InChI is InChI=1S/C14H23N3O/c1-10-6-7-11(2)17(10)16-13(18)12-14(3,4)8-5-9-15-12/h6-7,12,15H,5,8-9H2,1-4H3,(H,16,18). The second-order valence-corrected chi connectivity index (χ2v) is 5.91. The number of nitrogens with one attached hydrogen (secondary N) is 2. The molecule has 1 saturated heterocycles. The summed E-state index contributed by atoms with van der Waals surface area (Å²) in [5.41, 5.74) is 5.11. The maximum Gasteiger partial charge on any atom is 0.256 e. The molecule has 0 spiro atoms. The minimum Gasteiger partial charge on any atom is -0.305 e. The number of aromatic nitrogens is 1. The average Bonchev–Trinajstić information content (AvgIpc) is 2.60. The summed E-state index contributed by atoms with van der Waals surface area (Å²) < 4.78 is 1.86. The molecule has 1 aliphatic rings. The monoisotopic (exact) mass is 249 g/mol. The molecule has 1 aromatic rings. The van der Waals surface area contributed by atoms with Crippen molar-refractivity contribution >= 4 is 5.91 Å². The van der Waals surface area contributed by atoms with E-state index < -0.39 is 0 Å². The third-order valence-corrected chi connectivity index (χ3v) is 3.88. The fourth-order valence-corrected chi connectivity index (χ4v) is 2.68. The molecule has 1 aliphatic heterocycles. The number of aryl methyl sites for hydroxylation is 2. The maximum absolute atomic E-state index is 12.4. The first kappa shape index (κ1) is 13.1. The van der Waals surface area contributed by atoms with Crippen LogP contribution in [0.2, 0.25) is 0 Å². The predicted molar refractivity (Wildman–Crippen MR) is 73.1 cm³/mol. The van der Waals surface area contributed by atoms with E-state index in [2.05, 4.69) is 24.6 Å². The predicted octanol–water partition coefficient (Wildman–Crippen LogP) is 1.95. The first-order valence-corrected chi connectivity index (χ1v) is 6.61. The molecule has 0 aliphatic carbocycles. The normalized spacial score (nSPS) is 22.8. The Kier molecular flexibility index (Phi) is 3.48. The molecule has 100 valence electrons. The van der Waals surface area contributed by atoms with Gasteiger partial charge in [-0.2, -0.15) is 0 Å². The van der Waals surface area contributed by atoms with Gasteiger partial charge in [0.25, 0.3) is 5.91 Å². The fourth-order valence-electron chi connectivity index (χ4n) is 2.68. The van der Waals surface area contributed by atoms with Crippen LogP contribution < -0.4 is 10.7 Å². The van der Waals surface area contributed by atoms with Gasteiger partial charge >= 0.3 is 0 Å². The van der Waals surface area contributed by atoms with Crippen molar-refractivity contribution in [3.05, 3.63) is 23.5 Å². The summed E-state index contributed by atoms with van der Waals surface area (Å²) in [6.07, 6.45) is 2.22. The van der Waals surface area contributed by atoms with E-state index in [9.17, 15) is 4.79 Å². The molecule has 1 fully saturated rings. The van der Waals surface area contributed by atoms with Gasteiger partial charge < -0.3 is 5.32 Å². The van der Waals surface area contributed by atoms with Crippen LogP contribution in [0, 0.1) is 19.3 Å². The first-order valence-electron chi connectivity index (χ1n) is 6.61. The summed E-state index contributed by atoms with van der Waals surface area (Å²) >= 11 is 0. The summed E-state index contributed by atoms with van der Waals surface area (Å²) in [5, 5.41) is 3.34. The van der Waals surface area contributed by atoms with Gasteiger partial charge in [0.15, 0.2) is 0 Å². The van der Waals surface area contributed by atoms with Gasteiger partial charge in [0.05, 0.1) is 6.04 Å². The van der Waals surface area contributed by atoms with Gasteiger partial charge in [-0.05, 0) is 50.8 Å². The van der Waals surface area contributed by atoms with Crippen molar-refractivity contribution in [2.24, 2.45) is 5.41 Å². The molecule has 4 nitrogen and oxygen atoms in total. The minimum absolute atomic E-state index is 0.0112. The Bertz CT molecular complexity index is 428. The van der Waals surface area contributed by atoms with E-state index in [0.717, 1.165) is 30.8 Å². The van der Waals surface area contributed by atoms with E-state index in [4.69, 9.17) is 0 Å². The van der Waals surface area contributed by atoms with Crippen molar-refractivity contribution in [1.82, 2.24) is 9.99 Å². The second kappa shape index (κ2) is 4.76. The summed E-state index contributed by atoms with van der Waals surface area (Å²) in [7, 11) is 0. The van der Waals surface area contributed by atoms with Gasteiger partial charge in [-0.3, -0.25) is 14.9 Å². The molecule has 1 unspecified atom stereocenters. The van der Waals surface area contributed by atoms with Crippen molar-refractivity contribution in [3.63, 3.8) is 0 Å². The lowest BCUT2D eigenvalue weighted by molar-refractivity contribution is -0.122. The van der Waals surface area contributed by atoms with Gasteiger partial charge in [0.2, 0.25) is 0 Å². The number of carbonyl (C=O) groups excluding carboxylic acids is 1. The van der Waals surface area contributed by atoms with Crippen LogP contribution in [0.4, 0.5) is 0 Å². The summed E-state index contributed by atoms with van der Waals surface area (Å²) in [5.74, 6) is 0.0575. The van der Waals surface area contributed by atoms with Gasteiger partial charge in [0.1, 0.15) is 0 Å². The van der Waals surface area contributed by atoms with E-state index in [1.165, 1.54) is 0 Å². The number of rotatable bonds is 2. The molecule has 0 bridgehead atoms. The Labute approximate surface area is 109 Å². The van der Waals surface area contributed by atoms with E-state index in [-0.39, 0.29) is 17.4 Å². The molecule has 2 rings (SSSR count). The van der Waals surface area contributed by atoms with Crippen molar-refractivity contribution in [1.29, 1.82) is 0 Å². The van der Waals surface area contributed by atoms with Gasteiger partial charge in [-0.1, -0.05) is 13.8 Å². The molecule has 4 heteroatoms. The molecular formula is C14H23N3O. The lowest BCUT2D eigenvalue weighted by Crippen LogP contribution is -2.55. The fraction of sp³-hybridized carbons (Fsp3) is 0.643. The molecule has 18 heavy (non-hydrogen) atoms.